The standard InChI is InChI=1S/C9H15N2/c1-5-11-9(7(2)3)8(4)6-10-11/h7H,5H2,1-4H3. The van der Waals surface area contributed by atoms with E-state index in [4.69, 9.17) is 0 Å². The zero-order valence-electron chi connectivity index (χ0n) is 7.68. The van der Waals surface area contributed by atoms with Crippen molar-refractivity contribution in [2.75, 3.05) is 0 Å². The van der Waals surface area contributed by atoms with Crippen LogP contribution in [-0.2, 0) is 6.54 Å². The minimum atomic E-state index is 0.550. The van der Waals surface area contributed by atoms with E-state index in [1.165, 1.54) is 11.3 Å². The predicted octanol–water partition coefficient (Wildman–Crippen LogP) is 2.14. The fraction of sp³-hybridized carbons (Fsp3) is 0.667. The number of hydrogen-bond acceptors (Lipinski definition) is 1. The van der Waals surface area contributed by atoms with Crippen LogP contribution >= 0.6 is 0 Å². The molecule has 2 heteroatoms. The molecule has 1 aromatic heterocycles. The van der Waals surface area contributed by atoms with E-state index in [-0.39, 0.29) is 0 Å². The molecule has 0 saturated carbocycles. The van der Waals surface area contributed by atoms with Crippen LogP contribution in [0.1, 0.15) is 37.9 Å². The molecule has 1 heterocycles. The van der Waals surface area contributed by atoms with Gasteiger partial charge >= 0.3 is 0 Å². The lowest BCUT2D eigenvalue weighted by molar-refractivity contribution is 0.596. The molecule has 0 unspecified atom stereocenters. The van der Waals surface area contributed by atoms with E-state index < -0.39 is 0 Å². The molecule has 0 aliphatic heterocycles. The van der Waals surface area contributed by atoms with Crippen LogP contribution in [0.3, 0.4) is 0 Å². The first-order valence-corrected chi connectivity index (χ1v) is 4.11. The monoisotopic (exact) mass is 151 g/mol. The van der Waals surface area contributed by atoms with Crippen LogP contribution in [0.4, 0.5) is 0 Å². The average Bonchev–Trinajstić information content (AvgIpc) is 2.30. The molecule has 0 spiro atoms. The van der Waals surface area contributed by atoms with Gasteiger partial charge in [-0.1, -0.05) is 13.8 Å². The molecule has 0 amide bonds. The van der Waals surface area contributed by atoms with Crippen molar-refractivity contribution >= 4 is 0 Å². The Labute approximate surface area is 68.2 Å². The average molecular weight is 151 g/mol. The molecule has 0 aromatic carbocycles. The molecule has 0 aliphatic rings. The fourth-order valence-electron chi connectivity index (χ4n) is 1.41. The molecule has 1 rings (SSSR count). The molecule has 0 N–H and O–H groups in total. The number of aryl methyl sites for hydroxylation is 2. The number of nitrogens with zero attached hydrogens (tertiary/aromatic N) is 2. The molecule has 1 radical (unpaired) electrons. The summed E-state index contributed by atoms with van der Waals surface area (Å²) in [7, 11) is 0. The molecule has 0 atom stereocenters. The van der Waals surface area contributed by atoms with E-state index in [0.29, 0.717) is 5.92 Å². The summed E-state index contributed by atoms with van der Waals surface area (Å²) in [5.74, 6) is 0.550. The van der Waals surface area contributed by atoms with Crippen LogP contribution in [0.15, 0.2) is 0 Å². The topological polar surface area (TPSA) is 17.8 Å². The molecule has 11 heavy (non-hydrogen) atoms. The number of aromatic nitrogens is 2. The van der Waals surface area contributed by atoms with Crippen molar-refractivity contribution in [2.24, 2.45) is 0 Å². The Kier molecular flexibility index (Phi) is 2.32. The Morgan fingerprint density at radius 1 is 1.55 bits per heavy atom. The van der Waals surface area contributed by atoms with Crippen molar-refractivity contribution in [1.29, 1.82) is 0 Å². The van der Waals surface area contributed by atoms with Gasteiger partial charge in [0.15, 0.2) is 0 Å². The Morgan fingerprint density at radius 2 is 2.18 bits per heavy atom. The van der Waals surface area contributed by atoms with Crippen molar-refractivity contribution in [1.82, 2.24) is 9.78 Å². The van der Waals surface area contributed by atoms with Gasteiger partial charge in [-0.25, -0.2) is 0 Å². The molecule has 0 aliphatic carbocycles. The van der Waals surface area contributed by atoms with Crippen LogP contribution in [0.2, 0.25) is 0 Å². The van der Waals surface area contributed by atoms with Gasteiger partial charge in [0.05, 0.1) is 0 Å². The van der Waals surface area contributed by atoms with Crippen LogP contribution in [0.25, 0.3) is 0 Å². The first-order valence-electron chi connectivity index (χ1n) is 4.11. The van der Waals surface area contributed by atoms with E-state index in [1.807, 2.05) is 4.68 Å². The van der Waals surface area contributed by atoms with Gasteiger partial charge in [-0.15, -0.1) is 0 Å². The van der Waals surface area contributed by atoms with Crippen molar-refractivity contribution in [2.45, 2.75) is 40.2 Å². The van der Waals surface area contributed by atoms with Gasteiger partial charge in [-0.3, -0.25) is 4.68 Å². The molecule has 1 aromatic rings. The molecule has 0 bridgehead atoms. The Balaban J connectivity index is 3.07. The van der Waals surface area contributed by atoms with Crippen molar-refractivity contribution in [3.8, 4) is 0 Å². The summed E-state index contributed by atoms with van der Waals surface area (Å²) >= 11 is 0. The first kappa shape index (κ1) is 8.31. The fourth-order valence-corrected chi connectivity index (χ4v) is 1.41. The summed E-state index contributed by atoms with van der Waals surface area (Å²) in [6.07, 6.45) is 2.98. The van der Waals surface area contributed by atoms with E-state index in [9.17, 15) is 0 Å². The second kappa shape index (κ2) is 3.07. The molecule has 61 valence electrons. The van der Waals surface area contributed by atoms with Crippen LogP contribution in [0.5, 0.6) is 0 Å². The summed E-state index contributed by atoms with van der Waals surface area (Å²) in [5.41, 5.74) is 2.49. The van der Waals surface area contributed by atoms with Crippen molar-refractivity contribution < 1.29 is 0 Å². The molecular weight excluding hydrogens is 136 g/mol. The van der Waals surface area contributed by atoms with E-state index in [2.05, 4.69) is 39.0 Å². The lowest BCUT2D eigenvalue weighted by Crippen LogP contribution is -2.04. The lowest BCUT2D eigenvalue weighted by atomic mass is 10.1. The van der Waals surface area contributed by atoms with E-state index >= 15 is 0 Å². The zero-order valence-corrected chi connectivity index (χ0v) is 7.68. The Hall–Kier alpha value is -0.790. The third kappa shape index (κ3) is 1.44. The van der Waals surface area contributed by atoms with Gasteiger partial charge in [0, 0.05) is 17.8 Å². The van der Waals surface area contributed by atoms with Crippen LogP contribution in [-0.4, -0.2) is 9.78 Å². The maximum Gasteiger partial charge on any atom is 0.116 e. The Bertz CT molecular complexity index is 236. The van der Waals surface area contributed by atoms with Gasteiger partial charge in [0.25, 0.3) is 0 Å². The maximum absolute atomic E-state index is 4.15. The number of hydrogen-bond donors (Lipinski definition) is 0. The number of rotatable bonds is 2. The molecule has 0 saturated heterocycles. The Morgan fingerprint density at radius 3 is 2.55 bits per heavy atom. The highest BCUT2D eigenvalue weighted by molar-refractivity contribution is 5.17. The summed E-state index contributed by atoms with van der Waals surface area (Å²) in [6.45, 7) is 9.48. The summed E-state index contributed by atoms with van der Waals surface area (Å²) in [5, 5.41) is 4.15. The van der Waals surface area contributed by atoms with Crippen molar-refractivity contribution in [3.05, 3.63) is 17.5 Å². The second-order valence-electron chi connectivity index (χ2n) is 3.09. The summed E-state index contributed by atoms with van der Waals surface area (Å²) in [4.78, 5) is 0. The predicted molar refractivity (Wildman–Crippen MR) is 45.6 cm³/mol. The lowest BCUT2D eigenvalue weighted by Gasteiger charge is -2.08. The third-order valence-corrected chi connectivity index (χ3v) is 1.85. The minimum Gasteiger partial charge on any atom is -0.269 e. The van der Waals surface area contributed by atoms with E-state index in [0.717, 1.165) is 6.54 Å². The van der Waals surface area contributed by atoms with Crippen molar-refractivity contribution in [3.63, 3.8) is 0 Å². The third-order valence-electron chi connectivity index (χ3n) is 1.85. The maximum atomic E-state index is 4.15. The smallest absolute Gasteiger partial charge is 0.116 e. The highest BCUT2D eigenvalue weighted by Gasteiger charge is 2.09. The SMILES string of the molecule is CCn1n[c]c(C)c1C(C)C. The zero-order chi connectivity index (χ0) is 8.43. The van der Waals surface area contributed by atoms with Gasteiger partial charge in [0.2, 0.25) is 0 Å². The minimum absolute atomic E-state index is 0.550. The highest BCUT2D eigenvalue weighted by Crippen LogP contribution is 2.17. The molecule has 0 fully saturated rings. The molecular formula is C9H15N2. The second-order valence-corrected chi connectivity index (χ2v) is 3.09. The first-order chi connectivity index (χ1) is 5.16. The van der Waals surface area contributed by atoms with Gasteiger partial charge < -0.3 is 0 Å². The normalized spacial score (nSPS) is 11.0. The van der Waals surface area contributed by atoms with E-state index in [1.54, 1.807) is 0 Å². The van der Waals surface area contributed by atoms with Gasteiger partial charge in [-0.2, -0.15) is 5.10 Å². The highest BCUT2D eigenvalue weighted by atomic mass is 15.3. The summed E-state index contributed by atoms with van der Waals surface area (Å²) in [6, 6.07) is 0. The summed E-state index contributed by atoms with van der Waals surface area (Å²) < 4.78 is 2.01. The van der Waals surface area contributed by atoms with Gasteiger partial charge in [-0.05, 0) is 19.8 Å². The van der Waals surface area contributed by atoms with Crippen LogP contribution in [0, 0.1) is 13.1 Å². The largest absolute Gasteiger partial charge is 0.269 e. The molecule has 2 nitrogen and oxygen atoms in total. The quantitative estimate of drug-likeness (QED) is 0.633. The van der Waals surface area contributed by atoms with Crippen LogP contribution < -0.4 is 0 Å². The van der Waals surface area contributed by atoms with Gasteiger partial charge in [0.1, 0.15) is 6.20 Å².